The average molecular weight is 310 g/mol. The minimum Gasteiger partial charge on any atom is -0.384 e. The number of anilines is 1. The number of hydrogen-bond acceptors (Lipinski definition) is 3. The van der Waals surface area contributed by atoms with Crippen molar-refractivity contribution in [1.82, 2.24) is 4.98 Å². The van der Waals surface area contributed by atoms with Gasteiger partial charge in [-0.2, -0.15) is 0 Å². The second kappa shape index (κ2) is 5.46. The highest BCUT2D eigenvalue weighted by Crippen LogP contribution is 2.22. The molecule has 0 bridgehead atoms. The number of nitrogens with zero attached hydrogens (tertiary/aromatic N) is 1. The van der Waals surface area contributed by atoms with Gasteiger partial charge in [-0.25, -0.2) is 9.37 Å². The summed E-state index contributed by atoms with van der Waals surface area (Å²) in [6, 6.07) is 8.01. The summed E-state index contributed by atoms with van der Waals surface area (Å²) >= 11 is 3.25. The van der Waals surface area contributed by atoms with E-state index in [9.17, 15) is 4.39 Å². The van der Waals surface area contributed by atoms with E-state index >= 15 is 0 Å². The molecule has 1 aromatic carbocycles. The number of hydrogen-bond donors (Lipinski definition) is 2. The van der Waals surface area contributed by atoms with Crippen molar-refractivity contribution < 1.29 is 4.39 Å². The van der Waals surface area contributed by atoms with Crippen molar-refractivity contribution in [3.63, 3.8) is 0 Å². The van der Waals surface area contributed by atoms with Crippen LogP contribution in [0.25, 0.3) is 0 Å². The third-order valence-electron chi connectivity index (χ3n) is 2.61. The summed E-state index contributed by atoms with van der Waals surface area (Å²) in [5.74, 6) is 0.157. The van der Waals surface area contributed by atoms with Crippen molar-refractivity contribution in [2.75, 3.05) is 5.73 Å². The minimum atomic E-state index is -0.302. The third kappa shape index (κ3) is 3.27. The van der Waals surface area contributed by atoms with E-state index in [1.165, 1.54) is 12.1 Å². The average Bonchev–Trinajstić information content (AvgIpc) is 2.27. The Hall–Kier alpha value is -1.46. The smallest absolute Gasteiger partial charge is 0.124 e. The molecular weight excluding hydrogens is 297 g/mol. The van der Waals surface area contributed by atoms with E-state index in [4.69, 9.17) is 11.5 Å². The monoisotopic (exact) mass is 309 g/mol. The van der Waals surface area contributed by atoms with Crippen molar-refractivity contribution in [1.29, 1.82) is 0 Å². The van der Waals surface area contributed by atoms with E-state index in [1.54, 1.807) is 12.3 Å². The van der Waals surface area contributed by atoms with Crippen LogP contribution < -0.4 is 11.5 Å². The van der Waals surface area contributed by atoms with Gasteiger partial charge in [-0.3, -0.25) is 0 Å². The first-order valence-electron chi connectivity index (χ1n) is 5.46. The van der Waals surface area contributed by atoms with Crippen LogP contribution in [0.1, 0.15) is 17.2 Å². The van der Waals surface area contributed by atoms with Crippen molar-refractivity contribution in [2.24, 2.45) is 5.73 Å². The number of halogens is 2. The van der Waals surface area contributed by atoms with Crippen LogP contribution in [0.4, 0.5) is 10.2 Å². The quantitative estimate of drug-likeness (QED) is 0.916. The van der Waals surface area contributed by atoms with Gasteiger partial charge in [-0.15, -0.1) is 0 Å². The van der Waals surface area contributed by atoms with E-state index in [2.05, 4.69) is 20.9 Å². The summed E-state index contributed by atoms with van der Waals surface area (Å²) in [4.78, 5) is 3.92. The third-order valence-corrected chi connectivity index (χ3v) is 3.07. The summed E-state index contributed by atoms with van der Waals surface area (Å²) in [7, 11) is 0. The highest BCUT2D eigenvalue weighted by Gasteiger charge is 2.09. The summed E-state index contributed by atoms with van der Waals surface area (Å²) in [5, 5.41) is 0. The summed E-state index contributed by atoms with van der Waals surface area (Å²) < 4.78 is 14.0. The predicted octanol–water partition coefficient (Wildman–Crippen LogP) is 2.81. The fraction of sp³-hybridized carbons (Fsp3) is 0.154. The van der Waals surface area contributed by atoms with Gasteiger partial charge in [0, 0.05) is 16.7 Å². The van der Waals surface area contributed by atoms with Gasteiger partial charge in [0.2, 0.25) is 0 Å². The Morgan fingerprint density at radius 1 is 1.28 bits per heavy atom. The lowest BCUT2D eigenvalue weighted by atomic mass is 10.0. The topological polar surface area (TPSA) is 64.9 Å². The lowest BCUT2D eigenvalue weighted by molar-refractivity contribution is 0.617. The predicted molar refractivity (Wildman–Crippen MR) is 73.4 cm³/mol. The molecule has 0 fully saturated rings. The molecule has 5 heteroatoms. The second-order valence-corrected chi connectivity index (χ2v) is 5.02. The minimum absolute atomic E-state index is 0.279. The molecular formula is C13H13BrFN3. The molecule has 0 saturated heterocycles. The largest absolute Gasteiger partial charge is 0.384 e. The molecule has 0 radical (unpaired) electrons. The molecule has 1 unspecified atom stereocenters. The molecule has 0 saturated carbocycles. The van der Waals surface area contributed by atoms with Crippen LogP contribution in [0, 0.1) is 5.82 Å². The fourth-order valence-electron chi connectivity index (χ4n) is 1.78. The van der Waals surface area contributed by atoms with E-state index in [0.29, 0.717) is 16.7 Å². The first-order chi connectivity index (χ1) is 8.54. The molecule has 3 nitrogen and oxygen atoms in total. The number of pyridine rings is 1. The number of nitrogen functional groups attached to an aromatic ring is 1. The second-order valence-electron chi connectivity index (χ2n) is 4.10. The van der Waals surface area contributed by atoms with Gasteiger partial charge in [-0.05, 0) is 47.9 Å². The highest BCUT2D eigenvalue weighted by molar-refractivity contribution is 9.10. The Balaban J connectivity index is 2.19. The SMILES string of the molecule is Nc1cc(CC(N)c2cc(F)cc(Br)c2)ccn1. The van der Waals surface area contributed by atoms with E-state index in [1.807, 2.05) is 12.1 Å². The van der Waals surface area contributed by atoms with Crippen molar-refractivity contribution >= 4 is 21.7 Å². The summed E-state index contributed by atoms with van der Waals surface area (Å²) in [6.07, 6.45) is 2.22. The van der Waals surface area contributed by atoms with E-state index in [-0.39, 0.29) is 11.9 Å². The molecule has 0 spiro atoms. The maximum Gasteiger partial charge on any atom is 0.124 e. The van der Waals surface area contributed by atoms with Gasteiger partial charge in [0.1, 0.15) is 11.6 Å². The van der Waals surface area contributed by atoms with E-state index in [0.717, 1.165) is 11.1 Å². The van der Waals surface area contributed by atoms with Crippen LogP contribution in [0.3, 0.4) is 0 Å². The van der Waals surface area contributed by atoms with Crippen molar-refractivity contribution in [3.05, 3.63) is 57.9 Å². The summed E-state index contributed by atoms with van der Waals surface area (Å²) in [5.41, 5.74) is 13.4. The molecule has 2 aromatic rings. The van der Waals surface area contributed by atoms with Crippen molar-refractivity contribution in [3.8, 4) is 0 Å². The molecule has 0 aliphatic heterocycles. The Labute approximate surface area is 113 Å². The van der Waals surface area contributed by atoms with Gasteiger partial charge in [0.25, 0.3) is 0 Å². The fourth-order valence-corrected chi connectivity index (χ4v) is 2.27. The standard InChI is InChI=1S/C13H13BrFN3/c14-10-5-9(6-11(15)7-10)12(16)3-8-1-2-18-13(17)4-8/h1-2,4-7,12H,3,16H2,(H2,17,18). The Kier molecular flexibility index (Phi) is 3.93. The number of rotatable bonds is 3. The lowest BCUT2D eigenvalue weighted by Gasteiger charge is -2.13. The zero-order valence-electron chi connectivity index (χ0n) is 9.61. The molecule has 2 rings (SSSR count). The van der Waals surface area contributed by atoms with Gasteiger partial charge in [0.15, 0.2) is 0 Å². The Morgan fingerprint density at radius 2 is 2.06 bits per heavy atom. The molecule has 94 valence electrons. The van der Waals surface area contributed by atoms with Crippen LogP contribution >= 0.6 is 15.9 Å². The zero-order valence-corrected chi connectivity index (χ0v) is 11.2. The van der Waals surface area contributed by atoms with Crippen LogP contribution in [0.5, 0.6) is 0 Å². The van der Waals surface area contributed by atoms with Crippen LogP contribution in [-0.2, 0) is 6.42 Å². The van der Waals surface area contributed by atoms with Crippen LogP contribution in [-0.4, -0.2) is 4.98 Å². The number of nitrogens with two attached hydrogens (primary N) is 2. The van der Waals surface area contributed by atoms with Gasteiger partial charge in [-0.1, -0.05) is 15.9 Å². The van der Waals surface area contributed by atoms with E-state index < -0.39 is 0 Å². The maximum absolute atomic E-state index is 13.3. The van der Waals surface area contributed by atoms with Gasteiger partial charge in [0.05, 0.1) is 0 Å². The van der Waals surface area contributed by atoms with Crippen LogP contribution in [0.15, 0.2) is 41.0 Å². The van der Waals surface area contributed by atoms with Gasteiger partial charge < -0.3 is 11.5 Å². The molecule has 0 aliphatic rings. The Morgan fingerprint density at radius 3 is 2.72 bits per heavy atom. The lowest BCUT2D eigenvalue weighted by Crippen LogP contribution is -2.14. The normalized spacial score (nSPS) is 12.4. The number of benzene rings is 1. The molecule has 18 heavy (non-hydrogen) atoms. The molecule has 1 atom stereocenters. The zero-order chi connectivity index (χ0) is 13.1. The summed E-state index contributed by atoms with van der Waals surface area (Å²) in [6.45, 7) is 0. The van der Waals surface area contributed by atoms with Crippen molar-refractivity contribution in [2.45, 2.75) is 12.5 Å². The molecule has 0 amide bonds. The van der Waals surface area contributed by atoms with Gasteiger partial charge >= 0.3 is 0 Å². The highest BCUT2D eigenvalue weighted by atomic mass is 79.9. The molecule has 1 aromatic heterocycles. The first-order valence-corrected chi connectivity index (χ1v) is 6.26. The molecule has 4 N–H and O–H groups in total. The molecule has 0 aliphatic carbocycles. The van der Waals surface area contributed by atoms with Crippen LogP contribution in [0.2, 0.25) is 0 Å². The molecule has 1 heterocycles. The maximum atomic E-state index is 13.3. The number of aromatic nitrogens is 1. The Bertz CT molecular complexity index is 539. The first kappa shape index (κ1) is 13.0.